The van der Waals surface area contributed by atoms with E-state index in [2.05, 4.69) is 5.32 Å². The summed E-state index contributed by atoms with van der Waals surface area (Å²) in [4.78, 5) is 28.5. The zero-order valence-electron chi connectivity index (χ0n) is 20.6. The van der Waals surface area contributed by atoms with Gasteiger partial charge in [-0.25, -0.2) is 8.42 Å². The molecule has 3 aromatic rings. The quantitative estimate of drug-likeness (QED) is 0.372. The number of benzene rings is 3. The number of likely N-dealkylation sites (N-methyl/N-ethyl adjacent to an activating group) is 1. The van der Waals surface area contributed by atoms with Crippen LogP contribution in [0.25, 0.3) is 0 Å². The molecule has 37 heavy (non-hydrogen) atoms. The molecule has 7 nitrogen and oxygen atoms in total. The Morgan fingerprint density at radius 3 is 2.03 bits per heavy atom. The molecule has 1 atom stereocenters. The maximum atomic E-state index is 13.9. The van der Waals surface area contributed by atoms with Gasteiger partial charge in [-0.2, -0.15) is 0 Å². The van der Waals surface area contributed by atoms with Crippen LogP contribution in [0, 0.1) is 0 Å². The van der Waals surface area contributed by atoms with E-state index in [-0.39, 0.29) is 34.6 Å². The van der Waals surface area contributed by atoms with Gasteiger partial charge in [0.25, 0.3) is 0 Å². The van der Waals surface area contributed by atoms with Gasteiger partial charge in [-0.1, -0.05) is 83.9 Å². The zero-order chi connectivity index (χ0) is 27.0. The fraction of sp³-hybridized carbons (Fsp3) is 0.259. The van der Waals surface area contributed by atoms with Gasteiger partial charge >= 0.3 is 0 Å². The number of anilines is 1. The second-order valence-corrected chi connectivity index (χ2v) is 11.2. The van der Waals surface area contributed by atoms with Crippen LogP contribution in [-0.2, 0) is 32.6 Å². The van der Waals surface area contributed by atoms with Gasteiger partial charge < -0.3 is 10.2 Å². The van der Waals surface area contributed by atoms with Gasteiger partial charge in [0, 0.05) is 19.5 Å². The van der Waals surface area contributed by atoms with Crippen molar-refractivity contribution in [1.29, 1.82) is 0 Å². The van der Waals surface area contributed by atoms with Gasteiger partial charge in [0.05, 0.1) is 22.0 Å². The van der Waals surface area contributed by atoms with Crippen molar-refractivity contribution in [3.63, 3.8) is 0 Å². The van der Waals surface area contributed by atoms with Crippen LogP contribution in [0.3, 0.4) is 0 Å². The molecule has 0 saturated heterocycles. The van der Waals surface area contributed by atoms with E-state index in [0.717, 1.165) is 21.7 Å². The Kier molecular flexibility index (Phi) is 9.97. The molecule has 0 radical (unpaired) electrons. The van der Waals surface area contributed by atoms with Gasteiger partial charge in [-0.15, -0.1) is 0 Å². The van der Waals surface area contributed by atoms with Crippen LogP contribution in [0.2, 0.25) is 10.0 Å². The molecule has 2 amide bonds. The number of nitrogens with one attached hydrogen (secondary N) is 1. The molecule has 1 N–H and O–H groups in total. The van der Waals surface area contributed by atoms with Crippen molar-refractivity contribution in [1.82, 2.24) is 10.2 Å². The lowest BCUT2D eigenvalue weighted by molar-refractivity contribution is -0.140. The van der Waals surface area contributed by atoms with E-state index in [4.69, 9.17) is 23.2 Å². The van der Waals surface area contributed by atoms with Crippen molar-refractivity contribution in [2.45, 2.75) is 25.9 Å². The van der Waals surface area contributed by atoms with Crippen molar-refractivity contribution in [3.8, 4) is 0 Å². The summed E-state index contributed by atoms with van der Waals surface area (Å²) in [5, 5.41) is 3.24. The monoisotopic (exact) mass is 561 g/mol. The lowest BCUT2D eigenvalue weighted by Crippen LogP contribution is -2.53. The molecular formula is C27H29Cl2N3O4S. The summed E-state index contributed by atoms with van der Waals surface area (Å²) in [6.45, 7) is 1.79. The van der Waals surface area contributed by atoms with Gasteiger partial charge in [0.1, 0.15) is 12.6 Å². The lowest BCUT2D eigenvalue weighted by Gasteiger charge is -2.33. The molecule has 0 heterocycles. The maximum absolute atomic E-state index is 13.9. The topological polar surface area (TPSA) is 86.8 Å². The molecule has 0 aliphatic heterocycles. The van der Waals surface area contributed by atoms with Crippen LogP contribution in [0.1, 0.15) is 18.1 Å². The Hall–Kier alpha value is -3.07. The third kappa shape index (κ3) is 7.95. The SMILES string of the molecule is CCNC(=O)[C@@H](Cc1ccccc1)N(Cc1ccccc1)C(=O)CN(c1ccc(Cl)c(Cl)c1)S(C)(=O)=O. The first-order valence-corrected chi connectivity index (χ1v) is 14.3. The van der Waals surface area contributed by atoms with E-state index >= 15 is 0 Å². The van der Waals surface area contributed by atoms with Gasteiger partial charge in [0.15, 0.2) is 0 Å². The third-order valence-electron chi connectivity index (χ3n) is 5.69. The van der Waals surface area contributed by atoms with Gasteiger partial charge in [-0.3, -0.25) is 13.9 Å². The highest BCUT2D eigenvalue weighted by atomic mass is 35.5. The molecule has 0 aromatic heterocycles. The summed E-state index contributed by atoms with van der Waals surface area (Å²) >= 11 is 12.1. The number of halogens is 2. The van der Waals surface area contributed by atoms with Gasteiger partial charge in [-0.05, 0) is 36.2 Å². The number of nitrogens with zero attached hydrogens (tertiary/aromatic N) is 2. The fourth-order valence-corrected chi connectivity index (χ4v) is 5.01. The smallest absolute Gasteiger partial charge is 0.244 e. The molecule has 3 rings (SSSR count). The summed E-state index contributed by atoms with van der Waals surface area (Å²) in [6, 6.07) is 22.1. The van der Waals surface area contributed by atoms with Crippen LogP contribution in [0.5, 0.6) is 0 Å². The van der Waals surface area contributed by atoms with E-state index in [1.165, 1.54) is 23.1 Å². The Morgan fingerprint density at radius 1 is 0.892 bits per heavy atom. The van der Waals surface area contributed by atoms with E-state index in [1.807, 2.05) is 60.7 Å². The largest absolute Gasteiger partial charge is 0.355 e. The summed E-state index contributed by atoms with van der Waals surface area (Å²) in [7, 11) is -3.88. The van der Waals surface area contributed by atoms with Crippen LogP contribution in [0.15, 0.2) is 78.9 Å². The molecule has 10 heteroatoms. The molecule has 0 fully saturated rings. The van der Waals surface area contributed by atoms with Crippen molar-refractivity contribution >= 4 is 50.7 Å². The molecule has 0 unspecified atom stereocenters. The average Bonchev–Trinajstić information content (AvgIpc) is 2.87. The first-order chi connectivity index (χ1) is 17.6. The number of carbonyl (C=O) groups is 2. The van der Waals surface area contributed by atoms with E-state index in [0.29, 0.717) is 6.54 Å². The summed E-state index contributed by atoms with van der Waals surface area (Å²) in [5.41, 5.74) is 1.87. The van der Waals surface area contributed by atoms with Crippen molar-refractivity contribution in [2.24, 2.45) is 0 Å². The predicted molar refractivity (Wildman–Crippen MR) is 148 cm³/mol. The molecule has 3 aromatic carbocycles. The minimum atomic E-state index is -3.88. The summed E-state index contributed by atoms with van der Waals surface area (Å²) in [6.07, 6.45) is 1.27. The second kappa shape index (κ2) is 12.9. The number of rotatable bonds is 11. The fourth-order valence-electron chi connectivity index (χ4n) is 3.88. The standard InChI is InChI=1S/C27H29Cl2N3O4S/c1-3-30-27(34)25(16-20-10-6-4-7-11-20)31(18-21-12-8-5-9-13-21)26(33)19-32(37(2,35)36)22-14-15-23(28)24(29)17-22/h4-15,17,25H,3,16,18-19H2,1-2H3,(H,30,34)/t25-/m1/s1. The molecule has 0 saturated carbocycles. The van der Waals surface area contributed by atoms with E-state index in [1.54, 1.807) is 6.92 Å². The molecule has 0 bridgehead atoms. The van der Waals surface area contributed by atoms with E-state index < -0.39 is 28.5 Å². The Labute approximate surface area is 228 Å². The highest BCUT2D eigenvalue weighted by Crippen LogP contribution is 2.28. The molecule has 196 valence electrons. The number of hydrogen-bond donors (Lipinski definition) is 1. The summed E-state index contributed by atoms with van der Waals surface area (Å²) < 4.78 is 26.4. The zero-order valence-corrected chi connectivity index (χ0v) is 22.9. The minimum absolute atomic E-state index is 0.118. The van der Waals surface area contributed by atoms with Crippen LogP contribution in [-0.4, -0.2) is 50.5 Å². The predicted octanol–water partition coefficient (Wildman–Crippen LogP) is 4.54. The van der Waals surface area contributed by atoms with Crippen molar-refractivity contribution in [3.05, 3.63) is 100 Å². The third-order valence-corrected chi connectivity index (χ3v) is 7.57. The number of hydrogen-bond acceptors (Lipinski definition) is 4. The second-order valence-electron chi connectivity index (χ2n) is 8.48. The van der Waals surface area contributed by atoms with E-state index in [9.17, 15) is 18.0 Å². The van der Waals surface area contributed by atoms with Gasteiger partial charge in [0.2, 0.25) is 21.8 Å². The number of sulfonamides is 1. The maximum Gasteiger partial charge on any atom is 0.244 e. The number of amides is 2. The normalized spacial score (nSPS) is 12.0. The Balaban J connectivity index is 2.03. The highest BCUT2D eigenvalue weighted by molar-refractivity contribution is 7.92. The first-order valence-electron chi connectivity index (χ1n) is 11.7. The van der Waals surface area contributed by atoms with Crippen molar-refractivity contribution in [2.75, 3.05) is 23.7 Å². The van der Waals surface area contributed by atoms with Crippen LogP contribution in [0.4, 0.5) is 5.69 Å². The summed E-state index contributed by atoms with van der Waals surface area (Å²) in [5.74, 6) is -0.858. The highest BCUT2D eigenvalue weighted by Gasteiger charge is 2.32. The molecular weight excluding hydrogens is 533 g/mol. The Morgan fingerprint density at radius 2 is 1.49 bits per heavy atom. The minimum Gasteiger partial charge on any atom is -0.355 e. The molecule has 0 aliphatic carbocycles. The first kappa shape index (κ1) is 28.5. The Bertz CT molecular complexity index is 1320. The lowest BCUT2D eigenvalue weighted by atomic mass is 10.0. The number of carbonyl (C=O) groups excluding carboxylic acids is 2. The van der Waals surface area contributed by atoms with Crippen LogP contribution < -0.4 is 9.62 Å². The average molecular weight is 563 g/mol. The molecule has 0 spiro atoms. The van der Waals surface area contributed by atoms with Crippen molar-refractivity contribution < 1.29 is 18.0 Å². The van der Waals surface area contributed by atoms with Crippen LogP contribution >= 0.6 is 23.2 Å². The molecule has 0 aliphatic rings.